The van der Waals surface area contributed by atoms with Gasteiger partial charge in [-0.1, -0.05) is 63.2 Å². The van der Waals surface area contributed by atoms with Gasteiger partial charge in [0.05, 0.1) is 24.8 Å². The molecule has 2 aromatic carbocycles. The summed E-state index contributed by atoms with van der Waals surface area (Å²) in [7, 11) is 1.36. The van der Waals surface area contributed by atoms with Crippen molar-refractivity contribution in [2.24, 2.45) is 5.41 Å². The highest BCUT2D eigenvalue weighted by atomic mass is 16.6. The second-order valence-corrected chi connectivity index (χ2v) is 8.33. The van der Waals surface area contributed by atoms with E-state index in [1.807, 2.05) is 42.5 Å². The molecule has 1 fully saturated rings. The number of esters is 1. The molecule has 6 heteroatoms. The van der Waals surface area contributed by atoms with Crippen molar-refractivity contribution < 1.29 is 19.1 Å². The standard InChI is InChI=1S/C23H28N2O4/c1-23(2,3)20(17-10-12-18(13-11-17)21(26)28-4)24-25-19(15-29-22(25)27)14-16-8-6-5-7-9-16/h5-13,19-20,24H,14-15H2,1-4H3/t19-,20+/m1/s1. The van der Waals surface area contributed by atoms with Crippen molar-refractivity contribution >= 4 is 12.1 Å². The van der Waals surface area contributed by atoms with E-state index in [2.05, 4.69) is 26.2 Å². The first-order valence-electron chi connectivity index (χ1n) is 9.74. The lowest BCUT2D eigenvalue weighted by Crippen LogP contribution is -2.50. The van der Waals surface area contributed by atoms with E-state index in [1.165, 1.54) is 7.11 Å². The van der Waals surface area contributed by atoms with Gasteiger partial charge in [0, 0.05) is 0 Å². The number of ether oxygens (including phenoxy) is 2. The number of nitrogens with one attached hydrogen (secondary N) is 1. The van der Waals surface area contributed by atoms with Crippen molar-refractivity contribution in [2.75, 3.05) is 13.7 Å². The Morgan fingerprint density at radius 3 is 2.41 bits per heavy atom. The van der Waals surface area contributed by atoms with Gasteiger partial charge in [0.25, 0.3) is 0 Å². The monoisotopic (exact) mass is 396 g/mol. The summed E-state index contributed by atoms with van der Waals surface area (Å²) in [6, 6.07) is 17.1. The molecule has 0 unspecified atom stereocenters. The Balaban J connectivity index is 1.81. The molecule has 29 heavy (non-hydrogen) atoms. The molecule has 154 valence electrons. The molecule has 1 saturated heterocycles. The number of cyclic esters (lactones) is 1. The second-order valence-electron chi connectivity index (χ2n) is 8.33. The largest absolute Gasteiger partial charge is 0.465 e. The van der Waals surface area contributed by atoms with E-state index in [9.17, 15) is 9.59 Å². The SMILES string of the molecule is COC(=O)c1ccc([C@H](NN2C(=O)OC[C@H]2Cc2ccccc2)C(C)(C)C)cc1. The lowest BCUT2D eigenvalue weighted by molar-refractivity contribution is 0.0600. The van der Waals surface area contributed by atoms with Crippen LogP contribution in [0, 0.1) is 5.41 Å². The zero-order chi connectivity index (χ0) is 21.0. The highest BCUT2D eigenvalue weighted by Gasteiger charge is 2.37. The summed E-state index contributed by atoms with van der Waals surface area (Å²) in [5.74, 6) is -0.372. The average molecular weight is 396 g/mol. The fourth-order valence-electron chi connectivity index (χ4n) is 3.49. The first-order valence-corrected chi connectivity index (χ1v) is 9.74. The second kappa shape index (κ2) is 8.66. The lowest BCUT2D eigenvalue weighted by atomic mass is 9.82. The average Bonchev–Trinajstić information content (AvgIpc) is 3.04. The van der Waals surface area contributed by atoms with Gasteiger partial charge in [0.15, 0.2) is 0 Å². The van der Waals surface area contributed by atoms with Gasteiger partial charge in [-0.3, -0.25) is 0 Å². The van der Waals surface area contributed by atoms with E-state index in [1.54, 1.807) is 17.1 Å². The van der Waals surface area contributed by atoms with E-state index >= 15 is 0 Å². The maximum atomic E-state index is 12.4. The summed E-state index contributed by atoms with van der Waals surface area (Å²) in [5.41, 5.74) is 5.83. The number of carbonyl (C=O) groups excluding carboxylic acids is 2. The van der Waals surface area contributed by atoms with Crippen molar-refractivity contribution in [3.8, 4) is 0 Å². The predicted octanol–water partition coefficient (Wildman–Crippen LogP) is 4.13. The normalized spacial score (nSPS) is 17.7. The summed E-state index contributed by atoms with van der Waals surface area (Å²) in [6.07, 6.45) is 0.337. The molecule has 0 aromatic heterocycles. The molecule has 6 nitrogen and oxygen atoms in total. The Morgan fingerprint density at radius 2 is 1.83 bits per heavy atom. The number of methoxy groups -OCH3 is 1. The van der Waals surface area contributed by atoms with E-state index in [0.29, 0.717) is 18.6 Å². The van der Waals surface area contributed by atoms with Gasteiger partial charge in [0.1, 0.15) is 6.61 Å². The number of amides is 1. The van der Waals surface area contributed by atoms with Crippen LogP contribution < -0.4 is 5.43 Å². The van der Waals surface area contributed by atoms with Gasteiger partial charge in [-0.05, 0) is 35.1 Å². The first kappa shape index (κ1) is 20.9. The van der Waals surface area contributed by atoms with Crippen molar-refractivity contribution in [1.29, 1.82) is 0 Å². The van der Waals surface area contributed by atoms with Crippen LogP contribution in [0.3, 0.4) is 0 Å². The molecule has 0 aliphatic carbocycles. The van der Waals surface area contributed by atoms with Crippen LogP contribution in [0.5, 0.6) is 0 Å². The Hall–Kier alpha value is -2.86. The fourth-order valence-corrected chi connectivity index (χ4v) is 3.49. The van der Waals surface area contributed by atoms with Crippen LogP contribution in [0.4, 0.5) is 4.79 Å². The van der Waals surface area contributed by atoms with Crippen molar-refractivity contribution in [3.63, 3.8) is 0 Å². The lowest BCUT2D eigenvalue weighted by Gasteiger charge is -2.36. The molecule has 2 atom stereocenters. The summed E-state index contributed by atoms with van der Waals surface area (Å²) in [5, 5.41) is 1.61. The van der Waals surface area contributed by atoms with Gasteiger partial charge in [-0.15, -0.1) is 0 Å². The number of nitrogens with zero attached hydrogens (tertiary/aromatic N) is 1. The van der Waals surface area contributed by atoms with Gasteiger partial charge in [0.2, 0.25) is 0 Å². The molecule has 1 heterocycles. The summed E-state index contributed by atoms with van der Waals surface area (Å²) in [6.45, 7) is 6.66. The van der Waals surface area contributed by atoms with Crippen LogP contribution in [0.2, 0.25) is 0 Å². The third-order valence-electron chi connectivity index (χ3n) is 5.07. The van der Waals surface area contributed by atoms with E-state index in [0.717, 1.165) is 11.1 Å². The van der Waals surface area contributed by atoms with Crippen LogP contribution in [0.25, 0.3) is 0 Å². The van der Waals surface area contributed by atoms with Crippen LogP contribution in [0.15, 0.2) is 54.6 Å². The third kappa shape index (κ3) is 4.95. The van der Waals surface area contributed by atoms with Crippen molar-refractivity contribution in [3.05, 3.63) is 71.3 Å². The molecule has 1 N–H and O–H groups in total. The maximum absolute atomic E-state index is 12.4. The molecular weight excluding hydrogens is 368 g/mol. The molecule has 2 aromatic rings. The molecule has 1 aliphatic rings. The zero-order valence-corrected chi connectivity index (χ0v) is 17.3. The van der Waals surface area contributed by atoms with Crippen molar-refractivity contribution in [2.45, 2.75) is 39.3 Å². The Morgan fingerprint density at radius 1 is 1.17 bits per heavy atom. The number of hydrazine groups is 1. The van der Waals surface area contributed by atoms with Crippen LogP contribution in [0.1, 0.15) is 48.3 Å². The minimum Gasteiger partial charge on any atom is -0.465 e. The Kier molecular flexibility index (Phi) is 6.23. The highest BCUT2D eigenvalue weighted by molar-refractivity contribution is 5.89. The van der Waals surface area contributed by atoms with Crippen LogP contribution in [-0.4, -0.2) is 36.8 Å². The Bertz CT molecular complexity index is 843. The highest BCUT2D eigenvalue weighted by Crippen LogP contribution is 2.34. The summed E-state index contributed by atoms with van der Waals surface area (Å²) in [4.78, 5) is 24.2. The third-order valence-corrected chi connectivity index (χ3v) is 5.07. The van der Waals surface area contributed by atoms with Gasteiger partial charge in [-0.2, -0.15) is 0 Å². The zero-order valence-electron chi connectivity index (χ0n) is 17.3. The smallest absolute Gasteiger partial charge is 0.424 e. The number of carbonyl (C=O) groups is 2. The molecule has 1 aliphatic heterocycles. The molecule has 0 spiro atoms. The minimum absolute atomic E-state index is 0.0934. The molecule has 0 radical (unpaired) electrons. The van der Waals surface area contributed by atoms with E-state index in [-0.39, 0.29) is 29.6 Å². The quantitative estimate of drug-likeness (QED) is 0.744. The minimum atomic E-state index is -0.372. The summed E-state index contributed by atoms with van der Waals surface area (Å²) >= 11 is 0. The summed E-state index contributed by atoms with van der Waals surface area (Å²) < 4.78 is 10.1. The number of hydrogen-bond acceptors (Lipinski definition) is 5. The van der Waals surface area contributed by atoms with E-state index in [4.69, 9.17) is 9.47 Å². The molecule has 0 saturated carbocycles. The fraction of sp³-hybridized carbons (Fsp3) is 0.391. The van der Waals surface area contributed by atoms with Crippen molar-refractivity contribution in [1.82, 2.24) is 10.4 Å². The molecule has 1 amide bonds. The maximum Gasteiger partial charge on any atom is 0.424 e. The first-order chi connectivity index (χ1) is 13.8. The molecule has 0 bridgehead atoms. The van der Waals surface area contributed by atoms with Crippen LogP contribution >= 0.6 is 0 Å². The van der Waals surface area contributed by atoms with Crippen LogP contribution in [-0.2, 0) is 15.9 Å². The number of hydrogen-bond donors (Lipinski definition) is 1. The topological polar surface area (TPSA) is 67.9 Å². The number of benzene rings is 2. The van der Waals surface area contributed by atoms with E-state index < -0.39 is 0 Å². The number of rotatable bonds is 6. The molecular formula is C23H28N2O4. The van der Waals surface area contributed by atoms with Gasteiger partial charge < -0.3 is 9.47 Å². The Labute approximate surface area is 171 Å². The van der Waals surface area contributed by atoms with Gasteiger partial charge >= 0.3 is 12.1 Å². The molecule has 3 rings (SSSR count). The predicted molar refractivity (Wildman–Crippen MR) is 110 cm³/mol. The van der Waals surface area contributed by atoms with Gasteiger partial charge in [-0.25, -0.2) is 20.0 Å².